The average Bonchev–Trinajstić information content (AvgIpc) is 2.82. The van der Waals surface area contributed by atoms with Crippen LogP contribution in [0.15, 0.2) is 35.7 Å². The van der Waals surface area contributed by atoms with Gasteiger partial charge in [0, 0.05) is 19.4 Å². The smallest absolute Gasteiger partial charge is 0.485 e. The second kappa shape index (κ2) is 15.2. The number of non-ortho nitro benzene ring substituents is 1. The number of ether oxygens (including phenoxy) is 2. The largest absolute Gasteiger partial charge is 0.741 e. The van der Waals surface area contributed by atoms with Gasteiger partial charge in [0.05, 0.1) is 41.3 Å². The molecule has 0 saturated heterocycles. The van der Waals surface area contributed by atoms with Crippen LogP contribution < -0.4 is 4.90 Å². The lowest BCUT2D eigenvalue weighted by atomic mass is 10.2. The highest BCUT2D eigenvalue weighted by Gasteiger charge is 2.49. The van der Waals surface area contributed by atoms with Crippen molar-refractivity contribution in [3.05, 3.63) is 45.8 Å². The Labute approximate surface area is 233 Å². The molecule has 1 aromatic rings. The molecule has 0 aliphatic carbocycles. The molecule has 0 atom stereocenters. The van der Waals surface area contributed by atoms with Gasteiger partial charge in [0.15, 0.2) is 10.1 Å². The zero-order valence-electron chi connectivity index (χ0n) is 23.6. The Morgan fingerprint density at radius 1 is 1.10 bits per heavy atom. The van der Waals surface area contributed by atoms with E-state index in [2.05, 4.69) is 47.6 Å². The van der Waals surface area contributed by atoms with Crippen molar-refractivity contribution in [3.63, 3.8) is 0 Å². The molecule has 40 heavy (non-hydrogen) atoms. The van der Waals surface area contributed by atoms with Crippen LogP contribution in [0.4, 0.5) is 29.3 Å². The van der Waals surface area contributed by atoms with Crippen LogP contribution in [0.3, 0.4) is 0 Å². The Morgan fingerprint density at radius 3 is 1.80 bits per heavy atom. The number of hydrogen-bond acceptors (Lipinski definition) is 9. The van der Waals surface area contributed by atoms with Gasteiger partial charge in [-0.2, -0.15) is 18.4 Å². The number of halogens is 3. The van der Waals surface area contributed by atoms with Crippen LogP contribution in [0.2, 0.25) is 0 Å². The zero-order valence-corrected chi connectivity index (χ0v) is 25.3. The number of nitriles is 1. The minimum atomic E-state index is -6.09. The fourth-order valence-electron chi connectivity index (χ4n) is 4.33. The van der Waals surface area contributed by atoms with Crippen LogP contribution in [0.25, 0.3) is 0 Å². The van der Waals surface area contributed by atoms with E-state index in [-0.39, 0.29) is 18.2 Å². The highest BCUT2D eigenvalue weighted by molar-refractivity contribution is 7.86. The van der Waals surface area contributed by atoms with Crippen molar-refractivity contribution < 1.29 is 45.3 Å². The fourth-order valence-corrected chi connectivity index (χ4v) is 9.75. The van der Waals surface area contributed by atoms with Gasteiger partial charge in [-0.05, 0) is 60.6 Å². The fraction of sp³-hybridized carbons (Fsp3) is 0.583. The maximum absolute atomic E-state index is 12.9. The number of nitro groups is 1. The predicted octanol–water partition coefficient (Wildman–Crippen LogP) is 6.23. The number of carbonyl (C=O) groups excluding carboxylic acids is 1. The number of alkyl halides is 3. The van der Waals surface area contributed by atoms with Crippen LogP contribution in [0.1, 0.15) is 48.5 Å². The molecule has 0 aromatic heterocycles. The molecule has 1 amide bonds. The number of methoxy groups -OCH3 is 1. The molecule has 0 fully saturated rings. The Balaban J connectivity index is 0.00000165. The third kappa shape index (κ3) is 9.31. The maximum Gasteiger partial charge on any atom is 0.485 e. The summed E-state index contributed by atoms with van der Waals surface area (Å²) in [6.07, 6.45) is -0.198. The van der Waals surface area contributed by atoms with Gasteiger partial charge < -0.3 is 14.0 Å². The topological polar surface area (TPSA) is 163 Å². The third-order valence-corrected chi connectivity index (χ3v) is 13.4. The molecule has 0 spiro atoms. The van der Waals surface area contributed by atoms with E-state index in [4.69, 9.17) is 22.4 Å². The lowest BCUT2D eigenvalue weighted by molar-refractivity contribution is -0.384. The number of rotatable bonds is 10. The normalized spacial score (nSPS) is 12.8. The molecule has 0 aliphatic rings. The summed E-state index contributed by atoms with van der Waals surface area (Å²) in [7, 11) is -6.36. The number of hydrogen-bond donors (Lipinski definition) is 0. The van der Waals surface area contributed by atoms with Crippen LogP contribution in [0, 0.1) is 21.4 Å². The van der Waals surface area contributed by atoms with E-state index in [9.17, 15) is 33.3 Å². The van der Waals surface area contributed by atoms with Crippen LogP contribution in [0.5, 0.6) is 0 Å². The van der Waals surface area contributed by atoms with E-state index in [1.165, 1.54) is 36.3 Å². The van der Waals surface area contributed by atoms with E-state index >= 15 is 0 Å². The van der Waals surface area contributed by atoms with Gasteiger partial charge in [0.25, 0.3) is 5.69 Å². The van der Waals surface area contributed by atoms with E-state index < -0.39 is 33.9 Å². The van der Waals surface area contributed by atoms with Crippen molar-refractivity contribution in [2.75, 3.05) is 24.8 Å². The molecule has 0 N–H and O–H groups in total. The third-order valence-electron chi connectivity index (χ3n) is 6.16. The first-order chi connectivity index (χ1) is 18.2. The molecule has 1 aromatic carbocycles. The highest BCUT2D eigenvalue weighted by Crippen LogP contribution is 2.71. The van der Waals surface area contributed by atoms with Crippen molar-refractivity contribution >= 4 is 34.8 Å². The van der Waals surface area contributed by atoms with E-state index in [0.717, 1.165) is 0 Å². The minimum Gasteiger partial charge on any atom is -0.741 e. The molecule has 16 heteroatoms. The molecule has 0 heterocycles. The Bertz CT molecular complexity index is 1170. The molecule has 0 bridgehead atoms. The average molecular weight is 614 g/mol. The Kier molecular flexibility index (Phi) is 14.0. The van der Waals surface area contributed by atoms with Crippen molar-refractivity contribution in [3.8, 4) is 6.07 Å². The molecule has 11 nitrogen and oxygen atoms in total. The number of nitro benzene ring substituents is 1. The van der Waals surface area contributed by atoms with Crippen LogP contribution >= 0.6 is 7.26 Å². The number of nitrogens with zero attached hydrogens (tertiary/aromatic N) is 3. The van der Waals surface area contributed by atoms with Crippen LogP contribution in [-0.2, 0) is 19.6 Å². The first-order valence-electron chi connectivity index (χ1n) is 12.0. The Hall–Kier alpha value is -2.95. The van der Waals surface area contributed by atoms with Gasteiger partial charge in [-0.3, -0.25) is 10.1 Å². The molecule has 0 radical (unpaired) electrons. The standard InChI is InChI=1S/C23H35N3O5P.CHF3O3S/c1-9-31-23(27)25(20-10-12-21(13-11-20)26(28)29)22(30-8)19(14-24)15-32(16(2)3,17(4)5)18(6)7;2-1(3,4)8(5,6)7/h10-13,16-18H,9,15H2,1-8H3;(H,5,6,7)/q+1;/p-1/b22-19-;. The van der Waals surface area contributed by atoms with Crippen LogP contribution in [-0.4, -0.2) is 66.4 Å². The molecule has 0 aliphatic heterocycles. The number of anilines is 1. The second-order valence-electron chi connectivity index (χ2n) is 9.24. The van der Waals surface area contributed by atoms with Crippen molar-refractivity contribution in [2.24, 2.45) is 0 Å². The monoisotopic (exact) mass is 613 g/mol. The summed E-state index contributed by atoms with van der Waals surface area (Å²) in [5.41, 5.74) is -3.94. The number of carbonyl (C=O) groups is 1. The summed E-state index contributed by atoms with van der Waals surface area (Å²) in [5, 5.41) is 21.2. The first kappa shape index (κ1) is 37.0. The van der Waals surface area contributed by atoms with Gasteiger partial charge in [-0.25, -0.2) is 18.1 Å². The predicted molar refractivity (Wildman–Crippen MR) is 145 cm³/mol. The molecular formula is C24H35F3N3O8PS. The molecule has 226 valence electrons. The number of amides is 1. The molecule has 1 rings (SSSR count). The summed E-state index contributed by atoms with van der Waals surface area (Å²) < 4.78 is 69.7. The van der Waals surface area contributed by atoms with Crippen molar-refractivity contribution in [1.29, 1.82) is 5.26 Å². The number of benzene rings is 1. The van der Waals surface area contributed by atoms with Crippen molar-refractivity contribution in [1.82, 2.24) is 0 Å². The molecule has 0 unspecified atom stereocenters. The zero-order chi connectivity index (χ0) is 31.6. The summed E-state index contributed by atoms with van der Waals surface area (Å²) in [5.74, 6) is 0.0890. The minimum absolute atomic E-state index is 0.0890. The lowest BCUT2D eigenvalue weighted by Crippen LogP contribution is -2.34. The quantitative estimate of drug-likeness (QED) is 0.0566. The van der Waals surface area contributed by atoms with Gasteiger partial charge in [0.2, 0.25) is 5.88 Å². The lowest BCUT2D eigenvalue weighted by Gasteiger charge is -2.38. The van der Waals surface area contributed by atoms with E-state index in [0.29, 0.717) is 34.4 Å². The maximum atomic E-state index is 12.9. The Morgan fingerprint density at radius 2 is 1.52 bits per heavy atom. The van der Waals surface area contributed by atoms with Crippen molar-refractivity contribution in [2.45, 2.75) is 71.0 Å². The van der Waals surface area contributed by atoms with Gasteiger partial charge in [-0.1, -0.05) is 0 Å². The second-order valence-corrected chi connectivity index (χ2v) is 16.0. The molecular weight excluding hydrogens is 578 g/mol. The van der Waals surface area contributed by atoms with Gasteiger partial charge >= 0.3 is 11.6 Å². The first-order valence-corrected chi connectivity index (χ1v) is 15.6. The van der Waals surface area contributed by atoms with Gasteiger partial charge in [0.1, 0.15) is 17.8 Å². The van der Waals surface area contributed by atoms with E-state index in [1.807, 2.05) is 0 Å². The summed E-state index contributed by atoms with van der Waals surface area (Å²) in [6.45, 7) is 14.9. The summed E-state index contributed by atoms with van der Waals surface area (Å²) >= 11 is 0. The van der Waals surface area contributed by atoms with Gasteiger partial charge in [-0.15, -0.1) is 0 Å². The highest BCUT2D eigenvalue weighted by atomic mass is 32.2. The number of allylic oxidation sites excluding steroid dienone is 1. The summed E-state index contributed by atoms with van der Waals surface area (Å²) in [4.78, 5) is 24.6. The van der Waals surface area contributed by atoms with E-state index in [1.54, 1.807) is 6.92 Å². The summed E-state index contributed by atoms with van der Waals surface area (Å²) in [6, 6.07) is 7.76. The molecule has 0 saturated carbocycles. The SMILES string of the molecule is CCOC(=O)N(/C(OC)=C(\C#N)C[P+](C(C)C)(C(C)C)C(C)C)c1ccc([N+](=O)[O-])cc1.O=S(=O)([O-])C(F)(F)F.